The number of unbranched alkanes of at least 4 members (excludes halogenated alkanes) is 26. The summed E-state index contributed by atoms with van der Waals surface area (Å²) >= 11 is 9.78. The van der Waals surface area contributed by atoms with Crippen LogP contribution in [-0.2, 0) is 9.47 Å². The molecule has 0 aliphatic heterocycles. The van der Waals surface area contributed by atoms with Crippen LogP contribution in [0.25, 0.3) is 0 Å². The first-order chi connectivity index (χ1) is 20.2. The number of hydrogen-bond donors (Lipinski definition) is 0. The zero-order valence-electron chi connectivity index (χ0n) is 27.2. The number of thiocarbonyl (C=S) groups is 2. The molecule has 0 fully saturated rings. The molecule has 0 atom stereocenters. The maximum atomic E-state index is 5.77. The predicted molar refractivity (Wildman–Crippen MR) is 199 cm³/mol. The SMILES string of the molecule is CCCCCCCCCCCCCCCCOC(=S)[S][Pb][S]C(=S)OCCCCCCCCCCCCCCCC. The summed E-state index contributed by atoms with van der Waals surface area (Å²) < 4.78 is 13.0. The first-order valence-electron chi connectivity index (χ1n) is 17.6. The Hall–Kier alpha value is 1.40. The second-order valence-corrected chi connectivity index (χ2v) is 25.3. The fraction of sp³-hybridized carbons (Fsp3) is 0.941. The Kier molecular flexibility index (Phi) is 38.9. The zero-order chi connectivity index (χ0) is 29.9. The average molecular weight is 842 g/mol. The van der Waals surface area contributed by atoms with E-state index in [-0.39, 0.29) is 0 Å². The summed E-state index contributed by atoms with van der Waals surface area (Å²) in [5, 5.41) is 0. The van der Waals surface area contributed by atoms with Gasteiger partial charge in [0.2, 0.25) is 0 Å². The fourth-order valence-electron chi connectivity index (χ4n) is 5.05. The molecule has 0 saturated heterocycles. The van der Waals surface area contributed by atoms with Crippen molar-refractivity contribution in [3.8, 4) is 0 Å². The molecule has 0 saturated carbocycles. The zero-order valence-corrected chi connectivity index (χ0v) is 34.3. The molecule has 41 heavy (non-hydrogen) atoms. The van der Waals surface area contributed by atoms with Crippen LogP contribution in [-0.4, -0.2) is 43.2 Å². The molecule has 2 radical (unpaired) electrons. The van der Waals surface area contributed by atoms with Crippen LogP contribution in [0.15, 0.2) is 0 Å². The smallest absolute Gasteiger partial charge is 0.0654 e. The number of rotatable bonds is 32. The average Bonchev–Trinajstić information content (AvgIpc) is 2.97. The quantitative estimate of drug-likeness (QED) is 0.0379. The Morgan fingerprint density at radius 3 is 0.854 bits per heavy atom. The van der Waals surface area contributed by atoms with E-state index in [0.717, 1.165) is 34.8 Å². The number of hydrogen-bond acceptors (Lipinski definition) is 6. The van der Waals surface area contributed by atoms with Crippen molar-refractivity contribution in [2.45, 2.75) is 194 Å². The monoisotopic (exact) mass is 842 g/mol. The Morgan fingerprint density at radius 2 is 0.610 bits per heavy atom. The van der Waals surface area contributed by atoms with Crippen molar-refractivity contribution in [2.75, 3.05) is 13.2 Å². The minimum atomic E-state index is -1.03. The number of ether oxygens (including phenoxy) is 2. The van der Waals surface area contributed by atoms with E-state index in [9.17, 15) is 0 Å². The van der Waals surface area contributed by atoms with Crippen LogP contribution >= 0.6 is 41.1 Å². The minimum Gasteiger partial charge on any atom is -0.0654 e. The summed E-state index contributed by atoms with van der Waals surface area (Å²) in [6, 6.07) is 0. The molecule has 0 heterocycles. The van der Waals surface area contributed by atoms with Gasteiger partial charge in [0.1, 0.15) is 0 Å². The van der Waals surface area contributed by atoms with Crippen LogP contribution in [0.4, 0.5) is 0 Å². The minimum absolute atomic E-state index is 0.727. The van der Waals surface area contributed by atoms with E-state index in [1.54, 1.807) is 16.6 Å². The van der Waals surface area contributed by atoms with E-state index in [1.165, 1.54) is 167 Å². The molecule has 0 amide bonds. The third kappa shape index (κ3) is 37.5. The molecule has 242 valence electrons. The van der Waals surface area contributed by atoms with Gasteiger partial charge in [0.25, 0.3) is 0 Å². The molecule has 0 aromatic carbocycles. The molecule has 0 unspecified atom stereocenters. The van der Waals surface area contributed by atoms with Gasteiger partial charge in [-0.2, -0.15) is 0 Å². The molecule has 0 N–H and O–H groups in total. The van der Waals surface area contributed by atoms with Crippen LogP contribution in [0.2, 0.25) is 0 Å². The van der Waals surface area contributed by atoms with Crippen molar-refractivity contribution in [1.82, 2.24) is 0 Å². The van der Waals surface area contributed by atoms with E-state index in [2.05, 4.69) is 13.8 Å². The molecule has 7 heteroatoms. The van der Waals surface area contributed by atoms with Crippen molar-refractivity contribution in [3.05, 3.63) is 0 Å². The topological polar surface area (TPSA) is 18.5 Å². The summed E-state index contributed by atoms with van der Waals surface area (Å²) in [6.07, 6.45) is 38.6. The van der Waals surface area contributed by atoms with Crippen molar-refractivity contribution in [2.24, 2.45) is 0 Å². The van der Waals surface area contributed by atoms with Crippen molar-refractivity contribution >= 4 is 71.1 Å². The van der Waals surface area contributed by atoms with Gasteiger partial charge in [0.05, 0.1) is 0 Å². The van der Waals surface area contributed by atoms with E-state index >= 15 is 0 Å². The molecule has 2 nitrogen and oxygen atoms in total. The van der Waals surface area contributed by atoms with Crippen LogP contribution in [0.1, 0.15) is 194 Å². The third-order valence-electron chi connectivity index (χ3n) is 7.69. The van der Waals surface area contributed by atoms with Crippen molar-refractivity contribution in [3.63, 3.8) is 0 Å². The van der Waals surface area contributed by atoms with E-state index in [4.69, 9.17) is 33.9 Å². The van der Waals surface area contributed by atoms with E-state index in [0.29, 0.717) is 0 Å². The molecule has 0 bridgehead atoms. The predicted octanol–water partition coefficient (Wildman–Crippen LogP) is 13.6. The van der Waals surface area contributed by atoms with Gasteiger partial charge in [-0.15, -0.1) is 0 Å². The molecule has 0 spiro atoms. The summed E-state index contributed by atoms with van der Waals surface area (Å²) in [5.41, 5.74) is 0. The molecule has 0 aromatic heterocycles. The summed E-state index contributed by atoms with van der Waals surface area (Å²) in [4.78, 5) is 0. The van der Waals surface area contributed by atoms with Gasteiger partial charge in [-0.25, -0.2) is 0 Å². The molecule has 0 aliphatic rings. The third-order valence-corrected chi connectivity index (χ3v) is 23.3. The van der Waals surface area contributed by atoms with Gasteiger partial charge < -0.3 is 0 Å². The second-order valence-electron chi connectivity index (χ2n) is 11.7. The van der Waals surface area contributed by atoms with Gasteiger partial charge in [-0.3, -0.25) is 0 Å². The van der Waals surface area contributed by atoms with Gasteiger partial charge in [0.15, 0.2) is 0 Å². The van der Waals surface area contributed by atoms with Crippen LogP contribution in [0.3, 0.4) is 0 Å². The normalized spacial score (nSPS) is 11.2. The summed E-state index contributed by atoms with van der Waals surface area (Å²) in [6.45, 7) is 6.13. The molecular weight excluding hydrogens is 776 g/mol. The van der Waals surface area contributed by atoms with Crippen molar-refractivity contribution < 1.29 is 9.47 Å². The summed E-state index contributed by atoms with van der Waals surface area (Å²) in [5.74, 6) is 0. The molecule has 0 aliphatic carbocycles. The second kappa shape index (κ2) is 37.6. The Labute approximate surface area is 285 Å². The van der Waals surface area contributed by atoms with Crippen molar-refractivity contribution in [1.29, 1.82) is 0 Å². The van der Waals surface area contributed by atoms with Crippen LogP contribution in [0, 0.1) is 0 Å². The Bertz CT molecular complexity index is 505. The molecular formula is C34H66O2PbS4. The van der Waals surface area contributed by atoms with Gasteiger partial charge in [-0.1, -0.05) is 90.9 Å². The molecule has 0 rings (SSSR count). The standard InChI is InChI=1S/2C17H34OS2.Pb/c2*1-2-3-4-5-6-7-8-9-10-11-12-13-14-15-16-18-17(19)20;/h2*2-16H2,1H3,(H,19,20);/q;;+2/p-2. The van der Waals surface area contributed by atoms with Crippen LogP contribution < -0.4 is 0 Å². The first kappa shape index (κ1) is 42.4. The van der Waals surface area contributed by atoms with Crippen LogP contribution in [0.5, 0.6) is 0 Å². The van der Waals surface area contributed by atoms with E-state index in [1.807, 2.05) is 0 Å². The molecule has 0 aromatic rings. The summed E-state index contributed by atoms with van der Waals surface area (Å²) in [7, 11) is 3.51. The van der Waals surface area contributed by atoms with Gasteiger partial charge >= 0.3 is 196 Å². The van der Waals surface area contributed by atoms with Gasteiger partial charge in [0, 0.05) is 0 Å². The van der Waals surface area contributed by atoms with E-state index < -0.39 is 21.2 Å². The fourth-order valence-corrected chi connectivity index (χ4v) is 19.2. The Balaban J connectivity index is 3.26. The first-order valence-corrected chi connectivity index (χ1v) is 29.6. The van der Waals surface area contributed by atoms with Gasteiger partial charge in [-0.05, 0) is 0 Å². The Morgan fingerprint density at radius 1 is 0.390 bits per heavy atom. The maximum absolute atomic E-state index is 5.77.